The number of aryl methyl sites for hydroxylation is 1. The number of hydrogen-bond acceptors (Lipinski definition) is 3. The number of nitrogens with zero attached hydrogens (tertiary/aromatic N) is 2. The summed E-state index contributed by atoms with van der Waals surface area (Å²) in [5.74, 6) is -0.385. The van der Waals surface area contributed by atoms with Crippen LogP contribution in [0.4, 0.5) is 0 Å². The predicted octanol–water partition coefficient (Wildman–Crippen LogP) is 0.272. The van der Waals surface area contributed by atoms with Gasteiger partial charge < -0.3 is 5.73 Å². The number of primary amides is 1. The molecule has 0 aliphatic carbocycles. The summed E-state index contributed by atoms with van der Waals surface area (Å²) >= 11 is 0. The molecule has 0 unspecified atom stereocenters. The molecule has 1 aromatic carbocycles. The lowest BCUT2D eigenvalue weighted by molar-refractivity contribution is -0.118. The normalized spacial score (nSPS) is 10.5. The number of fused-ring (bicyclic) bond motifs is 1. The fourth-order valence-corrected chi connectivity index (χ4v) is 1.56. The Morgan fingerprint density at radius 3 is 2.88 bits per heavy atom. The Labute approximate surface area is 91.5 Å². The van der Waals surface area contributed by atoms with Crippen LogP contribution < -0.4 is 11.2 Å². The summed E-state index contributed by atoms with van der Waals surface area (Å²) in [6.07, 6.45) is 1.46. The molecule has 0 saturated heterocycles. The van der Waals surface area contributed by atoms with Crippen molar-refractivity contribution in [1.82, 2.24) is 9.78 Å². The molecule has 0 spiro atoms. The van der Waals surface area contributed by atoms with Gasteiger partial charge in [0.2, 0.25) is 11.3 Å². The molecule has 0 saturated carbocycles. The number of aromatic nitrogens is 2. The second kappa shape index (κ2) is 4.14. The van der Waals surface area contributed by atoms with Crippen LogP contribution in [-0.4, -0.2) is 15.7 Å². The van der Waals surface area contributed by atoms with Crippen molar-refractivity contribution in [2.75, 3.05) is 0 Å². The van der Waals surface area contributed by atoms with Gasteiger partial charge in [-0.2, -0.15) is 5.10 Å². The zero-order valence-corrected chi connectivity index (χ0v) is 8.59. The van der Waals surface area contributed by atoms with E-state index < -0.39 is 0 Å². The van der Waals surface area contributed by atoms with Crippen molar-refractivity contribution in [3.63, 3.8) is 0 Å². The van der Waals surface area contributed by atoms with Crippen LogP contribution in [0, 0.1) is 0 Å². The Bertz CT molecular complexity index is 589. The van der Waals surface area contributed by atoms with E-state index in [1.54, 1.807) is 22.9 Å². The summed E-state index contributed by atoms with van der Waals surface area (Å²) in [6, 6.07) is 7.15. The average molecular weight is 217 g/mol. The standard InChI is InChI=1S/C11H11N3O2/c12-11(16)5-6-14-9-4-2-1-3-8(9)10(15)7-13-14/h1-4,7H,5-6H2,(H2,12,16). The van der Waals surface area contributed by atoms with E-state index >= 15 is 0 Å². The van der Waals surface area contributed by atoms with Crippen molar-refractivity contribution in [1.29, 1.82) is 0 Å². The molecule has 82 valence electrons. The summed E-state index contributed by atoms with van der Waals surface area (Å²) < 4.78 is 1.61. The molecule has 16 heavy (non-hydrogen) atoms. The first-order valence-electron chi connectivity index (χ1n) is 4.91. The largest absolute Gasteiger partial charge is 0.370 e. The van der Waals surface area contributed by atoms with Crippen LogP contribution in [0.15, 0.2) is 35.3 Å². The minimum absolute atomic E-state index is 0.120. The predicted molar refractivity (Wildman–Crippen MR) is 59.8 cm³/mol. The molecule has 2 aromatic rings. The summed E-state index contributed by atoms with van der Waals surface area (Å²) in [5.41, 5.74) is 5.67. The van der Waals surface area contributed by atoms with E-state index in [4.69, 9.17) is 5.73 Å². The number of carbonyl (C=O) groups excluding carboxylic acids is 1. The first-order valence-corrected chi connectivity index (χ1v) is 4.91. The topological polar surface area (TPSA) is 78.0 Å². The van der Waals surface area contributed by atoms with E-state index in [1.807, 2.05) is 6.07 Å². The molecule has 5 heteroatoms. The fourth-order valence-electron chi connectivity index (χ4n) is 1.56. The van der Waals surface area contributed by atoms with E-state index in [-0.39, 0.29) is 17.8 Å². The van der Waals surface area contributed by atoms with Gasteiger partial charge in [0.05, 0.1) is 18.3 Å². The monoisotopic (exact) mass is 217 g/mol. The highest BCUT2D eigenvalue weighted by atomic mass is 16.1. The first-order chi connectivity index (χ1) is 7.68. The van der Waals surface area contributed by atoms with Gasteiger partial charge in [-0.3, -0.25) is 14.3 Å². The Hall–Kier alpha value is -2.17. The molecular weight excluding hydrogens is 206 g/mol. The zero-order valence-electron chi connectivity index (χ0n) is 8.59. The van der Waals surface area contributed by atoms with Gasteiger partial charge in [-0.25, -0.2) is 0 Å². The van der Waals surface area contributed by atoms with E-state index in [9.17, 15) is 9.59 Å². The minimum Gasteiger partial charge on any atom is -0.370 e. The van der Waals surface area contributed by atoms with Crippen LogP contribution in [0.3, 0.4) is 0 Å². The first kappa shape index (κ1) is 10.4. The third-order valence-electron chi connectivity index (χ3n) is 2.33. The molecule has 0 radical (unpaired) electrons. The SMILES string of the molecule is NC(=O)CCn1ncc(=O)c2ccccc21. The summed E-state index contributed by atoms with van der Waals surface area (Å²) in [4.78, 5) is 22.2. The number of hydrogen-bond donors (Lipinski definition) is 1. The van der Waals surface area contributed by atoms with Crippen LogP contribution >= 0.6 is 0 Å². The lowest BCUT2D eigenvalue weighted by Crippen LogP contribution is -2.17. The number of carbonyl (C=O) groups is 1. The number of nitrogens with two attached hydrogens (primary N) is 1. The lowest BCUT2D eigenvalue weighted by Gasteiger charge is -2.07. The third kappa shape index (κ3) is 1.93. The number of para-hydroxylation sites is 1. The van der Waals surface area contributed by atoms with Crippen LogP contribution in [0.25, 0.3) is 10.9 Å². The quantitative estimate of drug-likeness (QED) is 0.801. The van der Waals surface area contributed by atoms with Crippen molar-refractivity contribution < 1.29 is 4.79 Å². The summed E-state index contributed by atoms with van der Waals surface area (Å²) in [5, 5.41) is 4.57. The number of rotatable bonds is 3. The Morgan fingerprint density at radius 1 is 1.38 bits per heavy atom. The van der Waals surface area contributed by atoms with Gasteiger partial charge in [0.15, 0.2) is 0 Å². The fraction of sp³-hybridized carbons (Fsp3) is 0.182. The number of amides is 1. The second-order valence-corrected chi connectivity index (χ2v) is 3.47. The van der Waals surface area contributed by atoms with E-state index in [1.165, 1.54) is 6.20 Å². The van der Waals surface area contributed by atoms with Crippen molar-refractivity contribution >= 4 is 16.8 Å². The molecule has 0 aliphatic rings. The highest BCUT2D eigenvalue weighted by Gasteiger charge is 2.03. The minimum atomic E-state index is -0.385. The van der Waals surface area contributed by atoms with Gasteiger partial charge in [-0.15, -0.1) is 0 Å². The molecule has 0 fully saturated rings. The van der Waals surface area contributed by atoms with Gasteiger partial charge in [-0.1, -0.05) is 12.1 Å². The van der Waals surface area contributed by atoms with E-state index in [2.05, 4.69) is 5.10 Å². The molecule has 1 heterocycles. The molecule has 5 nitrogen and oxygen atoms in total. The maximum Gasteiger partial charge on any atom is 0.219 e. The third-order valence-corrected chi connectivity index (χ3v) is 2.33. The van der Waals surface area contributed by atoms with Gasteiger partial charge in [0.1, 0.15) is 0 Å². The van der Waals surface area contributed by atoms with Crippen LogP contribution in [0.1, 0.15) is 6.42 Å². The Kier molecular flexibility index (Phi) is 2.68. The van der Waals surface area contributed by atoms with Crippen molar-refractivity contribution in [3.05, 3.63) is 40.7 Å². The second-order valence-electron chi connectivity index (χ2n) is 3.47. The molecule has 2 N–H and O–H groups in total. The van der Waals surface area contributed by atoms with Gasteiger partial charge in [0.25, 0.3) is 0 Å². The highest BCUT2D eigenvalue weighted by Crippen LogP contribution is 2.07. The molecule has 1 aromatic heterocycles. The van der Waals surface area contributed by atoms with Gasteiger partial charge >= 0.3 is 0 Å². The Morgan fingerprint density at radius 2 is 2.12 bits per heavy atom. The van der Waals surface area contributed by atoms with Crippen molar-refractivity contribution in [2.45, 2.75) is 13.0 Å². The zero-order chi connectivity index (χ0) is 11.5. The smallest absolute Gasteiger partial charge is 0.219 e. The molecule has 1 amide bonds. The molecule has 0 bridgehead atoms. The summed E-state index contributed by atoms with van der Waals surface area (Å²) in [6.45, 7) is 0.385. The van der Waals surface area contributed by atoms with Gasteiger partial charge in [-0.05, 0) is 12.1 Å². The lowest BCUT2D eigenvalue weighted by atomic mass is 10.2. The van der Waals surface area contributed by atoms with E-state index in [0.29, 0.717) is 11.9 Å². The van der Waals surface area contributed by atoms with Crippen LogP contribution in [0.2, 0.25) is 0 Å². The average Bonchev–Trinajstić information content (AvgIpc) is 2.28. The van der Waals surface area contributed by atoms with Crippen LogP contribution in [-0.2, 0) is 11.3 Å². The maximum absolute atomic E-state index is 11.5. The molecule has 2 rings (SSSR count). The highest BCUT2D eigenvalue weighted by molar-refractivity contribution is 5.78. The summed E-state index contributed by atoms with van der Waals surface area (Å²) in [7, 11) is 0. The maximum atomic E-state index is 11.5. The van der Waals surface area contributed by atoms with E-state index in [0.717, 1.165) is 5.52 Å². The van der Waals surface area contributed by atoms with Crippen LogP contribution in [0.5, 0.6) is 0 Å². The van der Waals surface area contributed by atoms with Crippen molar-refractivity contribution in [2.24, 2.45) is 5.73 Å². The van der Waals surface area contributed by atoms with Crippen molar-refractivity contribution in [3.8, 4) is 0 Å². The molecule has 0 aliphatic heterocycles. The molecular formula is C11H11N3O2. The van der Waals surface area contributed by atoms with Gasteiger partial charge in [0, 0.05) is 11.8 Å². The number of benzene rings is 1. The Balaban J connectivity index is 2.50. The molecule has 0 atom stereocenters.